The van der Waals surface area contributed by atoms with Gasteiger partial charge in [0.25, 0.3) is 0 Å². The van der Waals surface area contributed by atoms with E-state index in [0.29, 0.717) is 12.2 Å². The van der Waals surface area contributed by atoms with E-state index in [2.05, 4.69) is 21.2 Å². The number of nitrogens with one attached hydrogen (secondary N) is 1. The molecule has 20 heavy (non-hydrogen) atoms. The highest BCUT2D eigenvalue weighted by molar-refractivity contribution is 9.10. The number of halogens is 1. The molecule has 0 aromatic heterocycles. The predicted molar refractivity (Wildman–Crippen MR) is 85.7 cm³/mol. The zero-order valence-corrected chi connectivity index (χ0v) is 13.4. The number of carboxylic acids is 1. The molecule has 108 valence electrons. The van der Waals surface area contributed by atoms with Gasteiger partial charge in [-0.3, -0.25) is 4.79 Å². The van der Waals surface area contributed by atoms with Gasteiger partial charge in [0.05, 0.1) is 0 Å². The lowest BCUT2D eigenvalue weighted by Gasteiger charge is -2.12. The number of benzene rings is 1. The van der Waals surface area contributed by atoms with E-state index in [1.807, 2.05) is 30.5 Å². The van der Waals surface area contributed by atoms with Crippen LogP contribution in [0.1, 0.15) is 12.0 Å². The van der Waals surface area contributed by atoms with Crippen molar-refractivity contribution in [2.75, 3.05) is 12.0 Å². The highest BCUT2D eigenvalue weighted by Gasteiger charge is 2.17. The molecule has 0 fully saturated rings. The molecule has 0 saturated carbocycles. The monoisotopic (exact) mass is 357 g/mol. The van der Waals surface area contributed by atoms with E-state index in [4.69, 9.17) is 5.11 Å². The lowest BCUT2D eigenvalue weighted by atomic mass is 10.2. The van der Waals surface area contributed by atoms with Crippen molar-refractivity contribution in [3.05, 3.63) is 40.4 Å². The van der Waals surface area contributed by atoms with Crippen LogP contribution in [0.3, 0.4) is 0 Å². The summed E-state index contributed by atoms with van der Waals surface area (Å²) in [6, 6.07) is 6.61. The molecular formula is C14H16BrNO3S. The molecule has 1 aromatic rings. The summed E-state index contributed by atoms with van der Waals surface area (Å²) >= 11 is 4.88. The molecule has 0 aliphatic heterocycles. The second-order valence-electron chi connectivity index (χ2n) is 4.07. The van der Waals surface area contributed by atoms with Crippen molar-refractivity contribution in [2.24, 2.45) is 0 Å². The number of carbonyl (C=O) groups excluding carboxylic acids is 1. The molecule has 1 unspecified atom stereocenters. The number of hydrogen-bond acceptors (Lipinski definition) is 3. The van der Waals surface area contributed by atoms with Gasteiger partial charge >= 0.3 is 5.97 Å². The third-order valence-electron chi connectivity index (χ3n) is 2.52. The van der Waals surface area contributed by atoms with Crippen molar-refractivity contribution in [3.8, 4) is 0 Å². The van der Waals surface area contributed by atoms with Gasteiger partial charge in [-0.15, -0.1) is 0 Å². The van der Waals surface area contributed by atoms with E-state index in [0.717, 1.165) is 10.0 Å². The third kappa shape index (κ3) is 6.25. The van der Waals surface area contributed by atoms with E-state index >= 15 is 0 Å². The third-order valence-corrected chi connectivity index (χ3v) is 3.70. The maximum Gasteiger partial charge on any atom is 0.326 e. The summed E-state index contributed by atoms with van der Waals surface area (Å²) in [6.07, 6.45) is 5.30. The average Bonchev–Trinajstić information content (AvgIpc) is 2.42. The van der Waals surface area contributed by atoms with Crippen LogP contribution in [-0.2, 0) is 9.59 Å². The molecule has 0 aliphatic rings. The van der Waals surface area contributed by atoms with Crippen LogP contribution in [0.15, 0.2) is 34.8 Å². The van der Waals surface area contributed by atoms with Gasteiger partial charge < -0.3 is 10.4 Å². The first kappa shape index (κ1) is 16.8. The van der Waals surface area contributed by atoms with Crippen LogP contribution in [0.2, 0.25) is 0 Å². The van der Waals surface area contributed by atoms with Gasteiger partial charge in [0, 0.05) is 10.5 Å². The SMILES string of the molecule is CSCCC(NC(=O)/C=C/c1ccc(Br)cc1)C(=O)O. The van der Waals surface area contributed by atoms with Crippen molar-refractivity contribution in [1.82, 2.24) is 5.32 Å². The van der Waals surface area contributed by atoms with E-state index in [-0.39, 0.29) is 0 Å². The van der Waals surface area contributed by atoms with Crippen molar-refractivity contribution < 1.29 is 14.7 Å². The summed E-state index contributed by atoms with van der Waals surface area (Å²) in [4.78, 5) is 22.7. The number of rotatable bonds is 7. The Morgan fingerprint density at radius 3 is 2.60 bits per heavy atom. The van der Waals surface area contributed by atoms with Gasteiger partial charge in [-0.25, -0.2) is 4.79 Å². The number of carbonyl (C=O) groups is 2. The fraction of sp³-hybridized carbons (Fsp3) is 0.286. The predicted octanol–water partition coefficient (Wildman–Crippen LogP) is 2.78. The minimum Gasteiger partial charge on any atom is -0.480 e. The molecule has 0 aliphatic carbocycles. The highest BCUT2D eigenvalue weighted by atomic mass is 79.9. The summed E-state index contributed by atoms with van der Waals surface area (Å²) in [5.74, 6) is -0.723. The normalized spacial score (nSPS) is 12.3. The fourth-order valence-corrected chi connectivity index (χ4v) is 2.19. The Labute approximate surface area is 130 Å². The van der Waals surface area contributed by atoms with Gasteiger partial charge in [-0.2, -0.15) is 11.8 Å². The molecule has 1 aromatic carbocycles. The first-order valence-electron chi connectivity index (χ1n) is 5.99. The maximum atomic E-state index is 11.7. The Kier molecular flexibility index (Phi) is 7.40. The van der Waals surface area contributed by atoms with E-state index in [9.17, 15) is 9.59 Å². The Balaban J connectivity index is 2.56. The quantitative estimate of drug-likeness (QED) is 0.736. The smallest absolute Gasteiger partial charge is 0.326 e. The van der Waals surface area contributed by atoms with E-state index in [1.54, 1.807) is 17.8 Å². The van der Waals surface area contributed by atoms with Crippen LogP contribution >= 0.6 is 27.7 Å². The van der Waals surface area contributed by atoms with Gasteiger partial charge in [0.2, 0.25) is 5.91 Å². The van der Waals surface area contributed by atoms with Crippen LogP contribution in [0, 0.1) is 0 Å². The van der Waals surface area contributed by atoms with Crippen molar-refractivity contribution >= 4 is 45.6 Å². The number of aliphatic carboxylic acids is 1. The zero-order chi connectivity index (χ0) is 15.0. The minimum atomic E-state index is -1.01. The Morgan fingerprint density at radius 2 is 2.05 bits per heavy atom. The maximum absolute atomic E-state index is 11.7. The molecule has 6 heteroatoms. The van der Waals surface area contributed by atoms with E-state index in [1.165, 1.54) is 6.08 Å². The molecule has 2 N–H and O–H groups in total. The van der Waals surface area contributed by atoms with Crippen LogP contribution in [-0.4, -0.2) is 35.0 Å². The number of amides is 1. The van der Waals surface area contributed by atoms with Crippen LogP contribution < -0.4 is 5.32 Å². The van der Waals surface area contributed by atoms with Gasteiger partial charge in [-0.05, 0) is 42.2 Å². The Hall–Kier alpha value is -1.27. The molecule has 1 amide bonds. The lowest BCUT2D eigenvalue weighted by molar-refractivity contribution is -0.141. The number of thioether (sulfide) groups is 1. The van der Waals surface area contributed by atoms with Gasteiger partial charge in [-0.1, -0.05) is 28.1 Å². The minimum absolute atomic E-state index is 0.401. The van der Waals surface area contributed by atoms with Gasteiger partial charge in [0.1, 0.15) is 6.04 Å². The standard InChI is InChI=1S/C14H16BrNO3S/c1-20-9-8-12(14(18)19)16-13(17)7-4-10-2-5-11(15)6-3-10/h2-7,12H,8-9H2,1H3,(H,16,17)(H,18,19)/b7-4+. The van der Waals surface area contributed by atoms with Crippen molar-refractivity contribution in [3.63, 3.8) is 0 Å². The van der Waals surface area contributed by atoms with Crippen molar-refractivity contribution in [2.45, 2.75) is 12.5 Å². The summed E-state index contributed by atoms with van der Waals surface area (Å²) in [6.45, 7) is 0. The van der Waals surface area contributed by atoms with Crippen LogP contribution in [0.5, 0.6) is 0 Å². The Morgan fingerprint density at radius 1 is 1.40 bits per heavy atom. The summed E-state index contributed by atoms with van der Waals surface area (Å²) in [7, 11) is 0. The largest absolute Gasteiger partial charge is 0.480 e. The first-order chi connectivity index (χ1) is 9.52. The summed E-state index contributed by atoms with van der Waals surface area (Å²) < 4.78 is 0.960. The van der Waals surface area contributed by atoms with Crippen LogP contribution in [0.4, 0.5) is 0 Å². The number of hydrogen-bond donors (Lipinski definition) is 2. The van der Waals surface area contributed by atoms with E-state index < -0.39 is 17.9 Å². The first-order valence-corrected chi connectivity index (χ1v) is 8.17. The zero-order valence-electron chi connectivity index (χ0n) is 11.0. The molecule has 0 saturated heterocycles. The molecule has 4 nitrogen and oxygen atoms in total. The van der Waals surface area contributed by atoms with Crippen molar-refractivity contribution in [1.29, 1.82) is 0 Å². The summed E-state index contributed by atoms with van der Waals surface area (Å²) in [5, 5.41) is 11.5. The fourth-order valence-electron chi connectivity index (χ4n) is 1.46. The molecule has 0 spiro atoms. The second kappa shape index (κ2) is 8.81. The molecule has 0 heterocycles. The highest BCUT2D eigenvalue weighted by Crippen LogP contribution is 2.11. The molecule has 1 rings (SSSR count). The molecular weight excluding hydrogens is 342 g/mol. The average molecular weight is 358 g/mol. The number of carboxylic acid groups (broad SMARTS) is 1. The van der Waals surface area contributed by atoms with Gasteiger partial charge in [0.15, 0.2) is 0 Å². The molecule has 1 atom stereocenters. The summed E-state index contributed by atoms with van der Waals surface area (Å²) in [5.41, 5.74) is 0.874. The molecule has 0 radical (unpaired) electrons. The lowest BCUT2D eigenvalue weighted by Crippen LogP contribution is -2.40. The van der Waals surface area contributed by atoms with Crippen LogP contribution in [0.25, 0.3) is 6.08 Å². The second-order valence-corrected chi connectivity index (χ2v) is 5.97. The topological polar surface area (TPSA) is 66.4 Å². The Bertz CT molecular complexity index is 488. The molecule has 0 bridgehead atoms.